The smallest absolute Gasteiger partial charge is 0.338 e. The number of nitro benzene ring substituents is 1. The molecular formula is C19H13N3O5. The van der Waals surface area contributed by atoms with Gasteiger partial charge in [-0.1, -0.05) is 18.2 Å². The summed E-state index contributed by atoms with van der Waals surface area (Å²) in [5.41, 5.74) is 0.506. The molecule has 8 heteroatoms. The van der Waals surface area contributed by atoms with Crippen LogP contribution in [0.4, 0.5) is 5.69 Å². The lowest BCUT2D eigenvalue weighted by molar-refractivity contribution is -0.385. The molecule has 0 spiro atoms. The molecule has 0 aliphatic carbocycles. The third kappa shape index (κ3) is 4.68. The number of methoxy groups -OCH3 is 1. The monoisotopic (exact) mass is 363 g/mol. The molecule has 0 radical (unpaired) electrons. The number of rotatable bonds is 6. The Labute approximate surface area is 154 Å². The molecule has 0 bridgehead atoms. The zero-order valence-corrected chi connectivity index (χ0v) is 14.2. The summed E-state index contributed by atoms with van der Waals surface area (Å²) in [5, 5.41) is 28.8. The Morgan fingerprint density at radius 1 is 1.19 bits per heavy atom. The van der Waals surface area contributed by atoms with Gasteiger partial charge in [0.2, 0.25) is 0 Å². The largest absolute Gasteiger partial charge is 0.489 e. The van der Waals surface area contributed by atoms with Crippen LogP contribution in [0.5, 0.6) is 5.75 Å². The van der Waals surface area contributed by atoms with E-state index in [9.17, 15) is 14.9 Å². The molecule has 0 unspecified atom stereocenters. The first-order valence-corrected chi connectivity index (χ1v) is 7.59. The Balaban J connectivity index is 2.25. The van der Waals surface area contributed by atoms with Crippen LogP contribution < -0.4 is 4.74 Å². The summed E-state index contributed by atoms with van der Waals surface area (Å²) < 4.78 is 10.2. The first-order chi connectivity index (χ1) is 13.0. The van der Waals surface area contributed by atoms with Gasteiger partial charge in [0.05, 0.1) is 23.2 Å². The molecule has 0 saturated heterocycles. The molecule has 0 heterocycles. The molecule has 0 fully saturated rings. The molecule has 0 N–H and O–H groups in total. The number of nitro groups is 1. The SMILES string of the molecule is COC(=O)c1cccc([N+](=O)[O-])c1COc1ccc(C=C(C#N)C#N)cc1. The lowest BCUT2D eigenvalue weighted by atomic mass is 10.1. The normalized spacial score (nSPS) is 9.44. The van der Waals surface area contributed by atoms with Crippen LogP contribution in [0.1, 0.15) is 21.5 Å². The fourth-order valence-electron chi connectivity index (χ4n) is 2.27. The average molecular weight is 363 g/mol. The summed E-state index contributed by atoms with van der Waals surface area (Å²) >= 11 is 0. The molecule has 2 aromatic carbocycles. The van der Waals surface area contributed by atoms with Crippen molar-refractivity contribution in [1.82, 2.24) is 0 Å². The molecule has 0 aromatic heterocycles. The standard InChI is InChI=1S/C19H13N3O5/c1-26-19(23)16-3-2-4-18(22(24)25)17(16)12-27-15-7-5-13(6-8-15)9-14(10-20)11-21/h2-9H,12H2,1H3. The second-order valence-corrected chi connectivity index (χ2v) is 5.19. The third-order valence-electron chi connectivity index (χ3n) is 3.57. The summed E-state index contributed by atoms with van der Waals surface area (Å²) in [6.45, 7) is -0.210. The van der Waals surface area contributed by atoms with Crippen molar-refractivity contribution in [2.75, 3.05) is 7.11 Å². The van der Waals surface area contributed by atoms with Crippen LogP contribution in [0.3, 0.4) is 0 Å². The number of nitrogens with zero attached hydrogens (tertiary/aromatic N) is 3. The van der Waals surface area contributed by atoms with Crippen LogP contribution >= 0.6 is 0 Å². The molecule has 0 aliphatic heterocycles. The van der Waals surface area contributed by atoms with Gasteiger partial charge < -0.3 is 9.47 Å². The fraction of sp³-hybridized carbons (Fsp3) is 0.105. The van der Waals surface area contributed by atoms with Crippen LogP contribution in [0.2, 0.25) is 0 Å². The number of hydrogen-bond donors (Lipinski definition) is 0. The van der Waals surface area contributed by atoms with Gasteiger partial charge in [0.25, 0.3) is 5.69 Å². The van der Waals surface area contributed by atoms with Gasteiger partial charge in [0, 0.05) is 6.07 Å². The van der Waals surface area contributed by atoms with Crippen LogP contribution in [0, 0.1) is 32.8 Å². The first-order valence-electron chi connectivity index (χ1n) is 7.59. The van der Waals surface area contributed by atoms with Gasteiger partial charge in [-0.3, -0.25) is 10.1 Å². The maximum atomic E-state index is 11.9. The molecule has 2 aromatic rings. The molecule has 134 valence electrons. The van der Waals surface area contributed by atoms with Crippen LogP contribution in [-0.4, -0.2) is 18.0 Å². The molecule has 8 nitrogen and oxygen atoms in total. The quantitative estimate of drug-likeness (QED) is 0.333. The van der Waals surface area contributed by atoms with Gasteiger partial charge in [-0.05, 0) is 29.8 Å². The van der Waals surface area contributed by atoms with E-state index in [-0.39, 0.29) is 29.0 Å². The van der Waals surface area contributed by atoms with Crippen molar-refractivity contribution in [2.24, 2.45) is 0 Å². The van der Waals surface area contributed by atoms with Crippen molar-refractivity contribution in [3.05, 3.63) is 74.8 Å². The van der Waals surface area contributed by atoms with Crippen molar-refractivity contribution < 1.29 is 19.2 Å². The number of esters is 1. The predicted molar refractivity (Wildman–Crippen MR) is 94.4 cm³/mol. The van der Waals surface area contributed by atoms with Crippen molar-refractivity contribution in [2.45, 2.75) is 6.61 Å². The van der Waals surface area contributed by atoms with Gasteiger partial charge in [0.1, 0.15) is 30.1 Å². The van der Waals surface area contributed by atoms with Crippen LogP contribution in [-0.2, 0) is 11.3 Å². The second-order valence-electron chi connectivity index (χ2n) is 5.19. The summed E-state index contributed by atoms with van der Waals surface area (Å²) in [5.74, 6) is -0.296. The van der Waals surface area contributed by atoms with Crippen molar-refractivity contribution >= 4 is 17.7 Å². The summed E-state index contributed by atoms with van der Waals surface area (Å²) in [4.78, 5) is 22.5. The fourth-order valence-corrected chi connectivity index (χ4v) is 2.27. The highest BCUT2D eigenvalue weighted by molar-refractivity contribution is 5.92. The van der Waals surface area contributed by atoms with E-state index in [0.29, 0.717) is 11.3 Å². The second kappa shape index (κ2) is 8.79. The highest BCUT2D eigenvalue weighted by Gasteiger charge is 2.22. The van der Waals surface area contributed by atoms with E-state index in [4.69, 9.17) is 15.3 Å². The number of hydrogen-bond acceptors (Lipinski definition) is 7. The summed E-state index contributed by atoms with van der Waals surface area (Å²) in [6.07, 6.45) is 1.42. The lowest BCUT2D eigenvalue weighted by Crippen LogP contribution is -2.10. The van der Waals surface area contributed by atoms with Crippen molar-refractivity contribution in [1.29, 1.82) is 10.5 Å². The first kappa shape index (κ1) is 19.2. The number of carbonyl (C=O) groups is 1. The van der Waals surface area contributed by atoms with E-state index in [1.807, 2.05) is 0 Å². The third-order valence-corrected chi connectivity index (χ3v) is 3.57. The molecule has 0 amide bonds. The maximum Gasteiger partial charge on any atom is 0.338 e. The van der Waals surface area contributed by atoms with Crippen molar-refractivity contribution in [3.63, 3.8) is 0 Å². The molecule has 0 aliphatic rings. The Morgan fingerprint density at radius 3 is 2.41 bits per heavy atom. The maximum absolute atomic E-state index is 11.9. The summed E-state index contributed by atoms with van der Waals surface area (Å²) in [6, 6.07) is 14.1. The zero-order chi connectivity index (χ0) is 19.8. The highest BCUT2D eigenvalue weighted by Crippen LogP contribution is 2.25. The Bertz CT molecular complexity index is 966. The van der Waals surface area contributed by atoms with E-state index in [1.165, 1.54) is 31.4 Å². The topological polar surface area (TPSA) is 126 Å². The molecular weight excluding hydrogens is 350 g/mol. The minimum atomic E-state index is -0.696. The van der Waals surface area contributed by atoms with E-state index in [1.54, 1.807) is 36.4 Å². The Morgan fingerprint density at radius 2 is 1.85 bits per heavy atom. The molecule has 2 rings (SSSR count). The number of benzene rings is 2. The average Bonchev–Trinajstić information content (AvgIpc) is 2.70. The minimum Gasteiger partial charge on any atom is -0.489 e. The van der Waals surface area contributed by atoms with E-state index in [2.05, 4.69) is 4.74 Å². The van der Waals surface area contributed by atoms with Crippen LogP contribution in [0.25, 0.3) is 6.08 Å². The van der Waals surface area contributed by atoms with Crippen LogP contribution in [0.15, 0.2) is 48.0 Å². The van der Waals surface area contributed by atoms with Gasteiger partial charge >= 0.3 is 5.97 Å². The lowest BCUT2D eigenvalue weighted by Gasteiger charge is -2.10. The minimum absolute atomic E-state index is 0.0358. The van der Waals surface area contributed by atoms with E-state index < -0.39 is 10.9 Å². The number of nitriles is 2. The highest BCUT2D eigenvalue weighted by atomic mass is 16.6. The van der Waals surface area contributed by atoms with E-state index >= 15 is 0 Å². The van der Waals surface area contributed by atoms with Gasteiger partial charge in [0.15, 0.2) is 0 Å². The summed E-state index contributed by atoms with van der Waals surface area (Å²) in [7, 11) is 1.19. The number of allylic oxidation sites excluding steroid dienone is 1. The van der Waals surface area contributed by atoms with E-state index in [0.717, 1.165) is 0 Å². The van der Waals surface area contributed by atoms with Crippen molar-refractivity contribution in [3.8, 4) is 17.9 Å². The zero-order valence-electron chi connectivity index (χ0n) is 14.2. The molecule has 0 saturated carbocycles. The number of ether oxygens (including phenoxy) is 2. The van der Waals surface area contributed by atoms with Gasteiger partial charge in [-0.25, -0.2) is 4.79 Å². The van der Waals surface area contributed by atoms with Gasteiger partial charge in [-0.15, -0.1) is 0 Å². The number of carbonyl (C=O) groups excluding carboxylic acids is 1. The Kier molecular flexibility index (Phi) is 6.24. The van der Waals surface area contributed by atoms with Gasteiger partial charge in [-0.2, -0.15) is 10.5 Å². The molecule has 27 heavy (non-hydrogen) atoms. The predicted octanol–water partition coefficient (Wildman–Crippen LogP) is 3.39. The Hall–Kier alpha value is -4.17. The molecule has 0 atom stereocenters.